The molecule has 0 aromatic heterocycles. The van der Waals surface area contributed by atoms with Crippen LogP contribution in [0.3, 0.4) is 0 Å². The summed E-state index contributed by atoms with van der Waals surface area (Å²) >= 11 is 0. The van der Waals surface area contributed by atoms with E-state index < -0.39 is 0 Å². The van der Waals surface area contributed by atoms with Gasteiger partial charge in [-0.3, -0.25) is 9.69 Å². The van der Waals surface area contributed by atoms with Crippen LogP contribution in [0.15, 0.2) is 0 Å². The Bertz CT molecular complexity index is 198. The molecule has 2 aliphatic rings. The van der Waals surface area contributed by atoms with Crippen LogP contribution < -0.4 is 0 Å². The van der Waals surface area contributed by atoms with Gasteiger partial charge in [0.25, 0.3) is 0 Å². The van der Waals surface area contributed by atoms with E-state index in [0.29, 0.717) is 23.9 Å². The van der Waals surface area contributed by atoms with Gasteiger partial charge < -0.3 is 0 Å². The van der Waals surface area contributed by atoms with Crippen LogP contribution in [-0.4, -0.2) is 28.8 Å². The maximum absolute atomic E-state index is 11.4. The van der Waals surface area contributed by atoms with Crippen LogP contribution in [0.4, 0.5) is 0 Å². The molecule has 2 rings (SSSR count). The normalized spacial score (nSPS) is 36.6. The minimum absolute atomic E-state index is 0.493. The average molecular weight is 181 g/mol. The Morgan fingerprint density at radius 1 is 1.38 bits per heavy atom. The van der Waals surface area contributed by atoms with E-state index in [1.807, 2.05) is 0 Å². The highest BCUT2D eigenvalue weighted by atomic mass is 16.1. The zero-order chi connectivity index (χ0) is 9.42. The third kappa shape index (κ3) is 1.52. The van der Waals surface area contributed by atoms with Gasteiger partial charge in [0.1, 0.15) is 5.78 Å². The second-order valence-corrected chi connectivity index (χ2v) is 4.54. The number of ketones is 1. The van der Waals surface area contributed by atoms with Gasteiger partial charge in [-0.15, -0.1) is 0 Å². The summed E-state index contributed by atoms with van der Waals surface area (Å²) < 4.78 is 0. The summed E-state index contributed by atoms with van der Waals surface area (Å²) in [5.74, 6) is 0.493. The number of nitrogens with zero attached hydrogens (tertiary/aromatic N) is 1. The molecule has 2 fully saturated rings. The molecule has 13 heavy (non-hydrogen) atoms. The van der Waals surface area contributed by atoms with E-state index in [1.165, 1.54) is 19.3 Å². The zero-order valence-corrected chi connectivity index (χ0v) is 8.62. The fraction of sp³-hybridized carbons (Fsp3) is 0.909. The van der Waals surface area contributed by atoms with Gasteiger partial charge in [0, 0.05) is 31.0 Å². The fourth-order valence-corrected chi connectivity index (χ4v) is 2.94. The average Bonchev–Trinajstić information content (AvgIpc) is 2.37. The Labute approximate surface area is 80.3 Å². The smallest absolute Gasteiger partial charge is 0.136 e. The molecule has 0 aromatic carbocycles. The van der Waals surface area contributed by atoms with E-state index >= 15 is 0 Å². The molecule has 74 valence electrons. The minimum Gasteiger partial charge on any atom is -0.300 e. The molecule has 2 heterocycles. The maximum atomic E-state index is 11.4. The number of hydrogen-bond donors (Lipinski definition) is 0. The molecule has 3 atom stereocenters. The first-order valence-corrected chi connectivity index (χ1v) is 5.51. The molecule has 0 saturated carbocycles. The van der Waals surface area contributed by atoms with Crippen LogP contribution >= 0.6 is 0 Å². The second kappa shape index (κ2) is 3.41. The van der Waals surface area contributed by atoms with Crippen LogP contribution in [0.5, 0.6) is 0 Å². The van der Waals surface area contributed by atoms with Gasteiger partial charge in [0.05, 0.1) is 0 Å². The van der Waals surface area contributed by atoms with Crippen LogP contribution in [0, 0.1) is 0 Å². The van der Waals surface area contributed by atoms with Crippen LogP contribution in [0.2, 0.25) is 0 Å². The van der Waals surface area contributed by atoms with Crippen molar-refractivity contribution < 1.29 is 4.79 Å². The van der Waals surface area contributed by atoms with E-state index in [1.54, 1.807) is 0 Å². The van der Waals surface area contributed by atoms with Crippen molar-refractivity contribution in [3.63, 3.8) is 0 Å². The molecule has 2 heteroatoms. The lowest BCUT2D eigenvalue weighted by atomic mass is 9.99. The summed E-state index contributed by atoms with van der Waals surface area (Å²) in [6.07, 6.45) is 5.35. The Morgan fingerprint density at radius 3 is 2.38 bits per heavy atom. The fourth-order valence-electron chi connectivity index (χ4n) is 2.94. The van der Waals surface area contributed by atoms with Crippen molar-refractivity contribution in [2.45, 2.75) is 64.1 Å². The van der Waals surface area contributed by atoms with E-state index in [0.717, 1.165) is 12.8 Å². The van der Waals surface area contributed by atoms with Crippen LogP contribution in [-0.2, 0) is 4.79 Å². The summed E-state index contributed by atoms with van der Waals surface area (Å²) in [6.45, 7) is 4.53. The molecule has 2 nitrogen and oxygen atoms in total. The maximum Gasteiger partial charge on any atom is 0.136 e. The third-order valence-electron chi connectivity index (χ3n) is 3.70. The number of fused-ring (bicyclic) bond motifs is 2. The molecular formula is C11H19NO. The van der Waals surface area contributed by atoms with E-state index in [9.17, 15) is 4.79 Å². The number of hydrogen-bond acceptors (Lipinski definition) is 2. The highest BCUT2D eigenvalue weighted by molar-refractivity contribution is 5.81. The Kier molecular flexibility index (Phi) is 2.41. The summed E-state index contributed by atoms with van der Waals surface area (Å²) in [6, 6.07) is 1.84. The summed E-state index contributed by atoms with van der Waals surface area (Å²) in [5.41, 5.74) is 0. The first-order chi connectivity index (χ1) is 6.22. The number of rotatable bonds is 2. The summed E-state index contributed by atoms with van der Waals surface area (Å²) in [5, 5.41) is 0. The molecule has 0 aromatic rings. The molecule has 2 bridgehead atoms. The van der Waals surface area contributed by atoms with Crippen molar-refractivity contribution >= 4 is 5.78 Å². The molecule has 0 radical (unpaired) electrons. The number of Topliss-reactive ketones (excluding diaryl/α,β-unsaturated/α-hetero) is 1. The van der Waals surface area contributed by atoms with Gasteiger partial charge in [0.2, 0.25) is 0 Å². The van der Waals surface area contributed by atoms with E-state index in [4.69, 9.17) is 0 Å². The second-order valence-electron chi connectivity index (χ2n) is 4.54. The van der Waals surface area contributed by atoms with Gasteiger partial charge >= 0.3 is 0 Å². The van der Waals surface area contributed by atoms with Gasteiger partial charge in [-0.1, -0.05) is 6.92 Å². The van der Waals surface area contributed by atoms with Crippen molar-refractivity contribution in [3.8, 4) is 0 Å². The lowest BCUT2D eigenvalue weighted by molar-refractivity contribution is -0.124. The Hall–Kier alpha value is -0.370. The molecule has 2 aliphatic heterocycles. The van der Waals surface area contributed by atoms with Crippen molar-refractivity contribution in [1.29, 1.82) is 0 Å². The molecule has 0 spiro atoms. The molecule has 2 saturated heterocycles. The standard InChI is InChI=1S/C11H19NO/c1-3-8(2)12-9-4-5-10(12)7-11(13)6-9/h8-10H,3-7H2,1-2H3/t8-,9-,10-/m0/s1. The van der Waals surface area contributed by atoms with Gasteiger partial charge in [0.15, 0.2) is 0 Å². The predicted octanol–water partition coefficient (Wildman–Crippen LogP) is 1.98. The molecule has 0 aliphatic carbocycles. The monoisotopic (exact) mass is 181 g/mol. The van der Waals surface area contributed by atoms with E-state index in [-0.39, 0.29) is 0 Å². The van der Waals surface area contributed by atoms with E-state index in [2.05, 4.69) is 18.7 Å². The SMILES string of the molecule is CC[C@H](C)N1[C@H]2CC[C@H]1CC(=O)C2. The number of carbonyl (C=O) groups is 1. The highest BCUT2D eigenvalue weighted by Gasteiger charge is 2.41. The topological polar surface area (TPSA) is 20.3 Å². The number of piperidine rings is 1. The first kappa shape index (κ1) is 9.20. The third-order valence-corrected chi connectivity index (χ3v) is 3.70. The summed E-state index contributed by atoms with van der Waals surface area (Å²) in [7, 11) is 0. The van der Waals surface area contributed by atoms with Crippen molar-refractivity contribution in [2.24, 2.45) is 0 Å². The zero-order valence-electron chi connectivity index (χ0n) is 8.62. The lowest BCUT2D eigenvalue weighted by Gasteiger charge is -2.38. The quantitative estimate of drug-likeness (QED) is 0.649. The van der Waals surface area contributed by atoms with Gasteiger partial charge in [-0.25, -0.2) is 0 Å². The van der Waals surface area contributed by atoms with Crippen molar-refractivity contribution in [2.75, 3.05) is 0 Å². The predicted molar refractivity (Wildman–Crippen MR) is 52.6 cm³/mol. The molecular weight excluding hydrogens is 162 g/mol. The molecule has 0 amide bonds. The van der Waals surface area contributed by atoms with Crippen molar-refractivity contribution in [1.82, 2.24) is 4.90 Å². The largest absolute Gasteiger partial charge is 0.300 e. The van der Waals surface area contributed by atoms with Gasteiger partial charge in [-0.2, -0.15) is 0 Å². The van der Waals surface area contributed by atoms with Crippen LogP contribution in [0.25, 0.3) is 0 Å². The molecule has 0 unspecified atom stereocenters. The highest BCUT2D eigenvalue weighted by Crippen LogP contribution is 2.35. The Balaban J connectivity index is 2.10. The first-order valence-electron chi connectivity index (χ1n) is 5.51. The van der Waals surface area contributed by atoms with Gasteiger partial charge in [-0.05, 0) is 26.2 Å². The van der Waals surface area contributed by atoms with Crippen LogP contribution in [0.1, 0.15) is 46.0 Å². The Morgan fingerprint density at radius 2 is 1.92 bits per heavy atom. The summed E-state index contributed by atoms with van der Waals surface area (Å²) in [4.78, 5) is 14.0. The van der Waals surface area contributed by atoms with Crippen molar-refractivity contribution in [3.05, 3.63) is 0 Å². The molecule has 0 N–H and O–H groups in total. The number of carbonyl (C=O) groups excluding carboxylic acids is 1. The minimum atomic E-state index is 0.493. The lowest BCUT2D eigenvalue weighted by Crippen LogP contribution is -2.47.